The van der Waals surface area contributed by atoms with Crippen molar-refractivity contribution in [3.05, 3.63) is 94.8 Å². The summed E-state index contributed by atoms with van der Waals surface area (Å²) < 4.78 is 19.2. The van der Waals surface area contributed by atoms with Crippen molar-refractivity contribution in [1.82, 2.24) is 0 Å². The van der Waals surface area contributed by atoms with Gasteiger partial charge in [0, 0.05) is 10.9 Å². The number of fused-ring (bicyclic) bond motifs is 4. The molecule has 3 fully saturated rings. The number of aromatic hydroxyl groups is 1. The summed E-state index contributed by atoms with van der Waals surface area (Å²) >= 11 is 20.7. The van der Waals surface area contributed by atoms with Crippen molar-refractivity contribution in [2.45, 2.75) is 28.5 Å². The molecule has 2 heterocycles. The van der Waals surface area contributed by atoms with Gasteiger partial charge in [0.05, 0.1) is 30.3 Å². The molecule has 4 amide bonds. The Morgan fingerprint density at radius 2 is 1.51 bits per heavy atom. The Bertz CT molecular complexity index is 1830. The van der Waals surface area contributed by atoms with Gasteiger partial charge < -0.3 is 9.84 Å². The Morgan fingerprint density at radius 3 is 2.18 bits per heavy atom. The first kappa shape index (κ1) is 29.8. The molecule has 4 aliphatic rings. The number of ether oxygens (including phenoxy) is 1. The molecule has 2 aliphatic carbocycles. The number of amides is 4. The van der Waals surface area contributed by atoms with Crippen molar-refractivity contribution in [2.24, 2.45) is 17.8 Å². The van der Waals surface area contributed by atoms with E-state index in [-0.39, 0.29) is 30.0 Å². The molecule has 45 heavy (non-hydrogen) atoms. The first-order valence-corrected chi connectivity index (χ1v) is 15.3. The molecule has 2 saturated heterocycles. The summed E-state index contributed by atoms with van der Waals surface area (Å²) in [6.07, 6.45) is 1.78. The van der Waals surface area contributed by atoms with Crippen LogP contribution in [0.3, 0.4) is 0 Å². The average molecular weight is 670 g/mol. The fraction of sp³-hybridized carbons (Fsp3) is 0.273. The Hall–Kier alpha value is -3.92. The number of methoxy groups -OCH3 is 1. The first-order valence-electron chi connectivity index (χ1n) is 14.1. The molecule has 1 N–H and O–H groups in total. The van der Waals surface area contributed by atoms with Crippen molar-refractivity contribution in [3.63, 3.8) is 0 Å². The number of nitrogens with zero attached hydrogens (tertiary/aromatic N) is 2. The molecular weight excluding hydrogens is 646 g/mol. The number of phenols is 1. The molecule has 3 aromatic carbocycles. The van der Waals surface area contributed by atoms with E-state index in [0.717, 1.165) is 21.9 Å². The van der Waals surface area contributed by atoms with Gasteiger partial charge in [-0.3, -0.25) is 24.1 Å². The first-order chi connectivity index (χ1) is 21.4. The monoisotopic (exact) mass is 668 g/mol. The van der Waals surface area contributed by atoms with E-state index >= 15 is 0 Å². The molecule has 7 rings (SSSR count). The van der Waals surface area contributed by atoms with E-state index in [9.17, 15) is 28.7 Å². The fourth-order valence-corrected chi connectivity index (χ4v) is 8.55. The van der Waals surface area contributed by atoms with Crippen LogP contribution in [-0.4, -0.2) is 45.6 Å². The second-order valence-electron chi connectivity index (χ2n) is 11.7. The zero-order valence-corrected chi connectivity index (χ0v) is 25.8. The highest BCUT2D eigenvalue weighted by atomic mass is 35.5. The number of allylic oxidation sites excluding steroid dienone is 2. The van der Waals surface area contributed by atoms with E-state index in [1.165, 1.54) is 31.4 Å². The van der Waals surface area contributed by atoms with Crippen LogP contribution in [0.2, 0.25) is 5.02 Å². The Kier molecular flexibility index (Phi) is 6.82. The smallest absolute Gasteiger partial charge is 0.258 e. The van der Waals surface area contributed by atoms with Gasteiger partial charge in [-0.05, 0) is 85.0 Å². The largest absolute Gasteiger partial charge is 0.504 e. The third-order valence-corrected chi connectivity index (χ3v) is 11.2. The normalized spacial score (nSPS) is 30.6. The van der Waals surface area contributed by atoms with Gasteiger partial charge >= 0.3 is 0 Å². The van der Waals surface area contributed by atoms with Crippen LogP contribution in [0.4, 0.5) is 15.8 Å². The van der Waals surface area contributed by atoms with E-state index in [0.29, 0.717) is 21.8 Å². The highest BCUT2D eigenvalue weighted by Crippen LogP contribution is 2.66. The third kappa shape index (κ3) is 4.03. The highest BCUT2D eigenvalue weighted by Gasteiger charge is 2.76. The molecule has 230 valence electrons. The van der Waals surface area contributed by atoms with Gasteiger partial charge in [0.25, 0.3) is 11.8 Å². The minimum absolute atomic E-state index is 0.0822. The second kappa shape index (κ2) is 10.3. The number of anilines is 2. The quantitative estimate of drug-likeness (QED) is 0.209. The lowest BCUT2D eigenvalue weighted by Crippen LogP contribution is -2.60. The van der Waals surface area contributed by atoms with Crippen LogP contribution in [0.5, 0.6) is 11.5 Å². The maximum absolute atomic E-state index is 14.4. The second-order valence-corrected chi connectivity index (χ2v) is 13.3. The molecule has 0 spiro atoms. The minimum atomic E-state index is -2.10. The number of imide groups is 2. The van der Waals surface area contributed by atoms with Gasteiger partial charge in [0.1, 0.15) is 5.82 Å². The lowest BCUT2D eigenvalue weighted by molar-refractivity contribution is -0.125. The van der Waals surface area contributed by atoms with Crippen LogP contribution in [0.15, 0.2) is 78.4 Å². The molecule has 6 unspecified atom stereocenters. The van der Waals surface area contributed by atoms with Gasteiger partial charge in [0.2, 0.25) is 11.8 Å². The average Bonchev–Trinajstić information content (AvgIpc) is 3.36. The zero-order valence-electron chi connectivity index (χ0n) is 23.5. The van der Waals surface area contributed by atoms with Crippen LogP contribution >= 0.6 is 34.8 Å². The maximum Gasteiger partial charge on any atom is 0.258 e. The molecule has 8 nitrogen and oxygen atoms in total. The third-order valence-electron chi connectivity index (χ3n) is 9.52. The molecule has 12 heteroatoms. The predicted octanol–water partition coefficient (Wildman–Crippen LogP) is 5.96. The van der Waals surface area contributed by atoms with Gasteiger partial charge in [-0.25, -0.2) is 9.29 Å². The number of carbonyl (C=O) groups is 4. The summed E-state index contributed by atoms with van der Waals surface area (Å²) in [5.74, 6) is -6.57. The van der Waals surface area contributed by atoms with E-state index in [4.69, 9.17) is 39.5 Å². The zero-order chi connectivity index (χ0) is 32.0. The number of benzene rings is 3. The standard InChI is InChI=1S/C33H24Cl3FN2O6/c1-45-25-14-16(2-13-24(25)40)27-21-11-12-22-26(29(42)38(28(22)41)19-7-3-17(34)4-8-19)23(21)15-32(35)30(43)39(31(44)33(27,32)36)20-9-5-18(37)6-10-20/h2-11,13-14,22-23,26-27,40H,12,15H2,1H3. The Balaban J connectivity index is 1.40. The highest BCUT2D eigenvalue weighted by molar-refractivity contribution is 6.58. The molecule has 3 aromatic rings. The molecular formula is C33H24Cl3FN2O6. The van der Waals surface area contributed by atoms with Crippen LogP contribution in [0, 0.1) is 23.6 Å². The van der Waals surface area contributed by atoms with Gasteiger partial charge in [-0.1, -0.05) is 29.3 Å². The minimum Gasteiger partial charge on any atom is -0.504 e. The summed E-state index contributed by atoms with van der Waals surface area (Å²) in [5, 5.41) is 10.8. The van der Waals surface area contributed by atoms with Gasteiger partial charge in [0.15, 0.2) is 21.2 Å². The maximum atomic E-state index is 14.4. The number of rotatable bonds is 4. The van der Waals surface area contributed by atoms with Crippen molar-refractivity contribution in [1.29, 1.82) is 0 Å². The van der Waals surface area contributed by atoms with Crippen LogP contribution in [0.25, 0.3) is 0 Å². The molecule has 0 aromatic heterocycles. The van der Waals surface area contributed by atoms with E-state index in [2.05, 4.69) is 0 Å². The molecule has 1 saturated carbocycles. The number of hydrogen-bond donors (Lipinski definition) is 1. The number of phenolic OH excluding ortho intramolecular Hbond substituents is 1. The van der Waals surface area contributed by atoms with Gasteiger partial charge in [-0.15, -0.1) is 23.2 Å². The van der Waals surface area contributed by atoms with Crippen molar-refractivity contribution >= 4 is 69.8 Å². The van der Waals surface area contributed by atoms with Crippen LogP contribution < -0.4 is 14.5 Å². The van der Waals surface area contributed by atoms with Crippen molar-refractivity contribution in [2.75, 3.05) is 16.9 Å². The molecule has 0 bridgehead atoms. The number of halogens is 4. The van der Waals surface area contributed by atoms with Crippen molar-refractivity contribution < 1.29 is 33.4 Å². The van der Waals surface area contributed by atoms with Crippen LogP contribution in [0.1, 0.15) is 24.3 Å². The lowest BCUT2D eigenvalue weighted by Gasteiger charge is -2.50. The summed E-state index contributed by atoms with van der Waals surface area (Å²) in [5.41, 5.74) is 1.44. The summed E-state index contributed by atoms with van der Waals surface area (Å²) in [4.78, 5) is 54.4. The predicted molar refractivity (Wildman–Crippen MR) is 165 cm³/mol. The van der Waals surface area contributed by atoms with E-state index in [1.807, 2.05) is 6.08 Å². The molecule has 0 radical (unpaired) electrons. The lowest BCUT2D eigenvalue weighted by atomic mass is 9.56. The number of hydrogen-bond acceptors (Lipinski definition) is 6. The SMILES string of the molecule is COc1cc(C2C3=CCC4C(=O)N(c5ccc(Cl)cc5)C(=O)C4C3CC3(Cl)C(=O)N(c4ccc(F)cc4)C(=O)C23Cl)ccc1O. The molecule has 2 aliphatic heterocycles. The number of alkyl halides is 2. The Labute approximate surface area is 271 Å². The van der Waals surface area contributed by atoms with E-state index in [1.54, 1.807) is 30.3 Å². The number of carbonyl (C=O) groups excluding carboxylic acids is 4. The van der Waals surface area contributed by atoms with Crippen molar-refractivity contribution in [3.8, 4) is 11.5 Å². The topological polar surface area (TPSA) is 104 Å². The van der Waals surface area contributed by atoms with E-state index < -0.39 is 62.9 Å². The summed E-state index contributed by atoms with van der Waals surface area (Å²) in [6.45, 7) is 0. The fourth-order valence-electron chi connectivity index (χ4n) is 7.49. The summed E-state index contributed by atoms with van der Waals surface area (Å²) in [6, 6.07) is 15.6. The molecule has 6 atom stereocenters. The van der Waals surface area contributed by atoms with Gasteiger partial charge in [-0.2, -0.15) is 0 Å². The summed E-state index contributed by atoms with van der Waals surface area (Å²) in [7, 11) is 1.37. The Morgan fingerprint density at radius 1 is 0.867 bits per heavy atom. The van der Waals surface area contributed by atoms with Crippen LogP contribution in [-0.2, 0) is 19.2 Å².